The number of halogens is 2. The van der Waals surface area contributed by atoms with Crippen molar-refractivity contribution >= 4 is 29.0 Å². The first-order valence-corrected chi connectivity index (χ1v) is 6.48. The molecule has 0 bridgehead atoms. The lowest BCUT2D eigenvalue weighted by atomic mass is 10.0. The van der Waals surface area contributed by atoms with Gasteiger partial charge in [0, 0.05) is 11.1 Å². The number of hydrogen-bond donors (Lipinski definition) is 0. The maximum Gasteiger partial charge on any atom is 0.194 e. The highest BCUT2D eigenvalue weighted by Gasteiger charge is 2.17. The Bertz CT molecular complexity index is 678. The minimum atomic E-state index is -0.218. The lowest BCUT2D eigenvalue weighted by Crippen LogP contribution is -2.03. The summed E-state index contributed by atoms with van der Waals surface area (Å²) in [6.45, 7) is -0.137. The maximum atomic E-state index is 12.3. The zero-order valence-electron chi connectivity index (χ0n) is 10.3. The molecule has 0 aliphatic rings. The van der Waals surface area contributed by atoms with Crippen LogP contribution in [0.5, 0.6) is 5.75 Å². The summed E-state index contributed by atoms with van der Waals surface area (Å²) >= 11 is 12.2. The molecule has 0 aliphatic carbocycles. The number of carbonyl (C=O) groups excluding carboxylic acids is 1. The molecule has 0 spiro atoms. The molecule has 5 heteroatoms. The van der Waals surface area contributed by atoms with Crippen LogP contribution in [0.25, 0.3) is 0 Å². The van der Waals surface area contributed by atoms with Crippen molar-refractivity contribution in [1.82, 2.24) is 0 Å². The van der Waals surface area contributed by atoms with Gasteiger partial charge in [0.2, 0.25) is 0 Å². The second-order valence-corrected chi connectivity index (χ2v) is 4.64. The Kier molecular flexibility index (Phi) is 4.62. The van der Waals surface area contributed by atoms with Gasteiger partial charge in [-0.15, -0.1) is 0 Å². The van der Waals surface area contributed by atoms with Crippen LogP contribution in [0.15, 0.2) is 42.5 Å². The van der Waals surface area contributed by atoms with Crippen LogP contribution in [0.2, 0.25) is 10.0 Å². The van der Waals surface area contributed by atoms with E-state index in [1.165, 1.54) is 12.1 Å². The third kappa shape index (κ3) is 2.93. The van der Waals surface area contributed by atoms with Gasteiger partial charge < -0.3 is 4.74 Å². The SMILES string of the molecule is N#CCOc1ccc(C(=O)c2ccccc2)c(Cl)c1Cl. The van der Waals surface area contributed by atoms with Gasteiger partial charge >= 0.3 is 0 Å². The van der Waals surface area contributed by atoms with Crippen molar-refractivity contribution in [2.45, 2.75) is 0 Å². The molecule has 2 aromatic carbocycles. The first-order chi connectivity index (χ1) is 9.65. The molecule has 0 saturated carbocycles. The molecule has 0 atom stereocenters. The zero-order valence-corrected chi connectivity index (χ0v) is 11.8. The molecular formula is C15H9Cl2NO2. The molecule has 0 saturated heterocycles. The fourth-order valence-electron chi connectivity index (χ4n) is 1.67. The summed E-state index contributed by atoms with van der Waals surface area (Å²) in [7, 11) is 0. The van der Waals surface area contributed by atoms with Crippen LogP contribution in [-0.4, -0.2) is 12.4 Å². The van der Waals surface area contributed by atoms with E-state index in [1.807, 2.05) is 12.1 Å². The van der Waals surface area contributed by atoms with Crippen molar-refractivity contribution in [3.05, 3.63) is 63.6 Å². The average molecular weight is 306 g/mol. The van der Waals surface area contributed by atoms with Crippen molar-refractivity contribution in [1.29, 1.82) is 5.26 Å². The van der Waals surface area contributed by atoms with Crippen LogP contribution in [0.4, 0.5) is 0 Å². The van der Waals surface area contributed by atoms with Gasteiger partial charge in [0.15, 0.2) is 12.4 Å². The molecule has 0 aliphatic heterocycles. The van der Waals surface area contributed by atoms with Crippen molar-refractivity contribution in [3.63, 3.8) is 0 Å². The Morgan fingerprint density at radius 1 is 1.10 bits per heavy atom. The van der Waals surface area contributed by atoms with E-state index in [1.54, 1.807) is 24.3 Å². The lowest BCUT2D eigenvalue weighted by molar-refractivity contribution is 0.103. The number of hydrogen-bond acceptors (Lipinski definition) is 3. The molecule has 0 amide bonds. The summed E-state index contributed by atoms with van der Waals surface area (Å²) in [6, 6.07) is 13.7. The summed E-state index contributed by atoms with van der Waals surface area (Å²) < 4.78 is 5.12. The van der Waals surface area contributed by atoms with Gasteiger partial charge in [-0.25, -0.2) is 0 Å². The van der Waals surface area contributed by atoms with E-state index >= 15 is 0 Å². The Labute approximate surface area is 126 Å². The predicted molar refractivity (Wildman–Crippen MR) is 77.4 cm³/mol. The van der Waals surface area contributed by atoms with Gasteiger partial charge in [-0.2, -0.15) is 5.26 Å². The number of ketones is 1. The number of carbonyl (C=O) groups is 1. The van der Waals surface area contributed by atoms with Gasteiger partial charge in [0.05, 0.1) is 5.02 Å². The summed E-state index contributed by atoms with van der Waals surface area (Å²) in [4.78, 5) is 12.3. The number of ether oxygens (including phenoxy) is 1. The quantitative estimate of drug-likeness (QED) is 0.798. The monoisotopic (exact) mass is 305 g/mol. The fourth-order valence-corrected chi connectivity index (χ4v) is 2.13. The van der Waals surface area contributed by atoms with E-state index in [2.05, 4.69) is 0 Å². The minimum absolute atomic E-state index is 0.121. The van der Waals surface area contributed by atoms with Crippen LogP contribution < -0.4 is 4.74 Å². The molecule has 3 nitrogen and oxygen atoms in total. The second kappa shape index (κ2) is 6.42. The largest absolute Gasteiger partial charge is 0.477 e. The van der Waals surface area contributed by atoms with Crippen LogP contribution >= 0.6 is 23.2 Å². The summed E-state index contributed by atoms with van der Waals surface area (Å²) in [5, 5.41) is 8.72. The standard InChI is InChI=1S/C15H9Cl2NO2/c16-13-11(15(19)10-4-2-1-3-5-10)6-7-12(14(13)17)20-9-8-18/h1-7H,9H2. The lowest BCUT2D eigenvalue weighted by Gasteiger charge is -2.09. The number of benzene rings is 2. The zero-order chi connectivity index (χ0) is 14.5. The predicted octanol–water partition coefficient (Wildman–Crippen LogP) is 4.13. The molecule has 0 N–H and O–H groups in total. The van der Waals surface area contributed by atoms with Crippen molar-refractivity contribution in [3.8, 4) is 11.8 Å². The van der Waals surface area contributed by atoms with Gasteiger partial charge in [0.1, 0.15) is 16.8 Å². The Morgan fingerprint density at radius 2 is 1.80 bits per heavy atom. The smallest absolute Gasteiger partial charge is 0.194 e. The molecule has 0 aromatic heterocycles. The third-order valence-corrected chi connectivity index (χ3v) is 3.48. The van der Waals surface area contributed by atoms with Gasteiger partial charge in [0.25, 0.3) is 0 Å². The average Bonchev–Trinajstić information content (AvgIpc) is 2.49. The topological polar surface area (TPSA) is 50.1 Å². The number of nitrogens with zero attached hydrogens (tertiary/aromatic N) is 1. The molecule has 2 rings (SSSR count). The molecule has 0 heterocycles. The first-order valence-electron chi connectivity index (χ1n) is 5.72. The molecule has 0 radical (unpaired) electrons. The third-order valence-electron chi connectivity index (χ3n) is 2.62. The highest BCUT2D eigenvalue weighted by molar-refractivity contribution is 6.45. The van der Waals surface area contributed by atoms with Crippen LogP contribution in [0.1, 0.15) is 15.9 Å². The van der Waals surface area contributed by atoms with E-state index in [4.69, 9.17) is 33.2 Å². The molecule has 2 aromatic rings. The van der Waals surface area contributed by atoms with Crippen molar-refractivity contribution < 1.29 is 9.53 Å². The number of nitriles is 1. The first kappa shape index (κ1) is 14.4. The van der Waals surface area contributed by atoms with Gasteiger partial charge in [-0.05, 0) is 12.1 Å². The van der Waals surface area contributed by atoms with E-state index in [0.29, 0.717) is 11.1 Å². The normalized spacial score (nSPS) is 9.85. The molecule has 0 unspecified atom stereocenters. The summed E-state index contributed by atoms with van der Waals surface area (Å²) in [5.41, 5.74) is 0.823. The summed E-state index contributed by atoms with van der Waals surface area (Å²) in [5.74, 6) is 0.0622. The highest BCUT2D eigenvalue weighted by Crippen LogP contribution is 2.35. The van der Waals surface area contributed by atoms with Crippen LogP contribution in [0, 0.1) is 11.3 Å². The van der Waals surface area contributed by atoms with Gasteiger partial charge in [-0.1, -0.05) is 53.5 Å². The highest BCUT2D eigenvalue weighted by atomic mass is 35.5. The van der Waals surface area contributed by atoms with Gasteiger partial charge in [-0.3, -0.25) is 4.79 Å². The van der Waals surface area contributed by atoms with E-state index in [9.17, 15) is 4.79 Å². The summed E-state index contributed by atoms with van der Waals surface area (Å²) in [6.07, 6.45) is 0. The molecular weight excluding hydrogens is 297 g/mol. The second-order valence-electron chi connectivity index (χ2n) is 3.88. The molecule has 0 fully saturated rings. The number of rotatable bonds is 4. The maximum absolute atomic E-state index is 12.3. The van der Waals surface area contributed by atoms with E-state index < -0.39 is 0 Å². The molecule has 100 valence electrons. The Morgan fingerprint density at radius 3 is 2.45 bits per heavy atom. The fraction of sp³-hybridized carbons (Fsp3) is 0.0667. The van der Waals surface area contributed by atoms with E-state index in [-0.39, 0.29) is 28.2 Å². The van der Waals surface area contributed by atoms with Crippen LogP contribution in [-0.2, 0) is 0 Å². The van der Waals surface area contributed by atoms with Crippen molar-refractivity contribution in [2.75, 3.05) is 6.61 Å². The Hall–Kier alpha value is -2.02. The van der Waals surface area contributed by atoms with Crippen molar-refractivity contribution in [2.24, 2.45) is 0 Å². The Balaban J connectivity index is 2.37. The van der Waals surface area contributed by atoms with Crippen LogP contribution in [0.3, 0.4) is 0 Å². The van der Waals surface area contributed by atoms with E-state index in [0.717, 1.165) is 0 Å². The minimum Gasteiger partial charge on any atom is -0.477 e. The molecule has 20 heavy (non-hydrogen) atoms.